The second-order valence-corrected chi connectivity index (χ2v) is 4.87. The monoisotopic (exact) mass is 298 g/mol. The van der Waals surface area contributed by atoms with Gasteiger partial charge < -0.3 is 9.80 Å². The van der Waals surface area contributed by atoms with E-state index in [0.29, 0.717) is 12.6 Å². The van der Waals surface area contributed by atoms with Gasteiger partial charge in [0.15, 0.2) is 0 Å². The molecule has 0 aromatic heterocycles. The topological polar surface area (TPSA) is 40.6 Å². The summed E-state index contributed by atoms with van der Waals surface area (Å²) in [4.78, 5) is 26.2. The summed E-state index contributed by atoms with van der Waals surface area (Å²) >= 11 is 0. The number of unbranched alkanes of at least 4 members (excludes halogenated alkanes) is 1. The molecule has 1 rings (SSSR count). The van der Waals surface area contributed by atoms with E-state index in [2.05, 4.69) is 0 Å². The van der Waals surface area contributed by atoms with Crippen LogP contribution in [0.25, 0.3) is 0 Å². The molecule has 2 amide bonds. The van der Waals surface area contributed by atoms with Crippen LogP contribution in [-0.4, -0.2) is 36.9 Å². The van der Waals surface area contributed by atoms with Crippen LogP contribution >= 0.6 is 0 Å². The van der Waals surface area contributed by atoms with E-state index >= 15 is 0 Å². The van der Waals surface area contributed by atoms with Gasteiger partial charge in [-0.3, -0.25) is 9.59 Å². The first-order valence-corrected chi connectivity index (χ1v) is 6.84. The van der Waals surface area contributed by atoms with Crippen LogP contribution in [0, 0.1) is 11.6 Å². The molecule has 1 aromatic carbocycles. The normalized spacial score (nSPS) is 10.3. The molecule has 1 aromatic rings. The SMILES string of the molecule is CCCCN(C)C(=O)CN(C(C)=O)c1ccc(F)cc1F. The zero-order chi connectivity index (χ0) is 16.0. The standard InChI is InChI=1S/C15H20F2N2O2/c1-4-5-8-18(3)15(21)10-19(11(2)20)14-7-6-12(16)9-13(14)17/h6-7,9H,4-5,8,10H2,1-3H3. The molecule has 0 aliphatic carbocycles. The fourth-order valence-electron chi connectivity index (χ4n) is 1.84. The first-order valence-electron chi connectivity index (χ1n) is 6.84. The highest BCUT2D eigenvalue weighted by Gasteiger charge is 2.21. The summed E-state index contributed by atoms with van der Waals surface area (Å²) in [6.45, 7) is 3.56. The lowest BCUT2D eigenvalue weighted by molar-refractivity contribution is -0.130. The number of hydrogen-bond acceptors (Lipinski definition) is 2. The smallest absolute Gasteiger partial charge is 0.242 e. The summed E-state index contributed by atoms with van der Waals surface area (Å²) in [5, 5.41) is 0. The predicted octanol–water partition coefficient (Wildman–Crippen LogP) is 2.58. The quantitative estimate of drug-likeness (QED) is 0.810. The van der Waals surface area contributed by atoms with Crippen molar-refractivity contribution in [3.8, 4) is 0 Å². The third-order valence-corrected chi connectivity index (χ3v) is 3.15. The predicted molar refractivity (Wildman–Crippen MR) is 76.9 cm³/mol. The largest absolute Gasteiger partial charge is 0.344 e. The Morgan fingerprint density at radius 2 is 1.90 bits per heavy atom. The number of anilines is 1. The van der Waals surface area contributed by atoms with Crippen molar-refractivity contribution in [1.29, 1.82) is 0 Å². The van der Waals surface area contributed by atoms with Crippen LogP contribution in [0.5, 0.6) is 0 Å². The van der Waals surface area contributed by atoms with Crippen LogP contribution in [0.15, 0.2) is 18.2 Å². The minimum Gasteiger partial charge on any atom is -0.344 e. The van der Waals surface area contributed by atoms with Crippen LogP contribution in [0.3, 0.4) is 0 Å². The average Bonchev–Trinajstić information content (AvgIpc) is 2.42. The molecule has 0 bridgehead atoms. The second kappa shape index (κ2) is 7.71. The number of likely N-dealkylation sites (N-methyl/N-ethyl adjacent to an activating group) is 1. The van der Waals surface area contributed by atoms with E-state index in [1.807, 2.05) is 6.92 Å². The number of rotatable bonds is 6. The van der Waals surface area contributed by atoms with Crippen molar-refractivity contribution in [1.82, 2.24) is 4.90 Å². The Morgan fingerprint density at radius 3 is 2.43 bits per heavy atom. The Bertz CT molecular complexity index is 520. The van der Waals surface area contributed by atoms with Gasteiger partial charge >= 0.3 is 0 Å². The molecule has 0 heterocycles. The molecular weight excluding hydrogens is 278 g/mol. The Morgan fingerprint density at radius 1 is 1.24 bits per heavy atom. The van der Waals surface area contributed by atoms with E-state index < -0.39 is 17.5 Å². The molecule has 4 nitrogen and oxygen atoms in total. The number of carbonyl (C=O) groups is 2. The van der Waals surface area contributed by atoms with Gasteiger partial charge in [-0.1, -0.05) is 13.3 Å². The maximum absolute atomic E-state index is 13.8. The van der Waals surface area contributed by atoms with Crippen LogP contribution in [-0.2, 0) is 9.59 Å². The van der Waals surface area contributed by atoms with E-state index in [0.717, 1.165) is 29.9 Å². The van der Waals surface area contributed by atoms with Crippen molar-refractivity contribution in [2.45, 2.75) is 26.7 Å². The number of nitrogens with zero attached hydrogens (tertiary/aromatic N) is 2. The lowest BCUT2D eigenvalue weighted by Crippen LogP contribution is -2.41. The van der Waals surface area contributed by atoms with Gasteiger partial charge in [0.2, 0.25) is 11.8 Å². The minimum absolute atomic E-state index is 0.0962. The Labute approximate surface area is 123 Å². The highest BCUT2D eigenvalue weighted by Crippen LogP contribution is 2.20. The molecule has 21 heavy (non-hydrogen) atoms. The summed E-state index contributed by atoms with van der Waals surface area (Å²) in [6.07, 6.45) is 1.80. The van der Waals surface area contributed by atoms with E-state index in [1.165, 1.54) is 11.8 Å². The molecule has 0 saturated heterocycles. The molecule has 0 saturated carbocycles. The molecular formula is C15H20F2N2O2. The van der Waals surface area contributed by atoms with E-state index in [-0.39, 0.29) is 18.1 Å². The molecule has 6 heteroatoms. The van der Waals surface area contributed by atoms with Gasteiger partial charge in [-0.25, -0.2) is 8.78 Å². The third-order valence-electron chi connectivity index (χ3n) is 3.15. The van der Waals surface area contributed by atoms with Crippen molar-refractivity contribution in [3.05, 3.63) is 29.8 Å². The zero-order valence-electron chi connectivity index (χ0n) is 12.5. The van der Waals surface area contributed by atoms with Gasteiger partial charge in [-0.05, 0) is 18.6 Å². The van der Waals surface area contributed by atoms with Gasteiger partial charge in [-0.15, -0.1) is 0 Å². The van der Waals surface area contributed by atoms with E-state index in [4.69, 9.17) is 0 Å². The Balaban J connectivity index is 2.88. The summed E-state index contributed by atoms with van der Waals surface area (Å²) in [7, 11) is 1.64. The second-order valence-electron chi connectivity index (χ2n) is 4.87. The van der Waals surface area contributed by atoms with E-state index in [9.17, 15) is 18.4 Å². The number of benzene rings is 1. The number of carbonyl (C=O) groups excluding carboxylic acids is 2. The van der Waals surface area contributed by atoms with Gasteiger partial charge in [0.25, 0.3) is 0 Å². The van der Waals surface area contributed by atoms with Gasteiger partial charge in [0.05, 0.1) is 5.69 Å². The fourth-order valence-corrected chi connectivity index (χ4v) is 1.84. The highest BCUT2D eigenvalue weighted by molar-refractivity contribution is 5.97. The van der Waals surface area contributed by atoms with Crippen molar-refractivity contribution in [3.63, 3.8) is 0 Å². The van der Waals surface area contributed by atoms with E-state index in [1.54, 1.807) is 7.05 Å². The summed E-state index contributed by atoms with van der Waals surface area (Å²) in [5.41, 5.74) is -0.0962. The number of halogens is 2. The molecule has 0 atom stereocenters. The lowest BCUT2D eigenvalue weighted by Gasteiger charge is -2.24. The van der Waals surface area contributed by atoms with Crippen molar-refractivity contribution >= 4 is 17.5 Å². The average molecular weight is 298 g/mol. The van der Waals surface area contributed by atoms with Crippen LogP contribution in [0.1, 0.15) is 26.7 Å². The lowest BCUT2D eigenvalue weighted by atomic mass is 10.2. The summed E-state index contributed by atoms with van der Waals surface area (Å²) in [6, 6.07) is 2.90. The number of amides is 2. The first kappa shape index (κ1) is 17.1. The van der Waals surface area contributed by atoms with Crippen molar-refractivity contribution in [2.24, 2.45) is 0 Å². The molecule has 0 radical (unpaired) electrons. The van der Waals surface area contributed by atoms with Crippen LogP contribution < -0.4 is 4.90 Å². The molecule has 0 aliphatic heterocycles. The van der Waals surface area contributed by atoms with Gasteiger partial charge in [0.1, 0.15) is 18.2 Å². The summed E-state index contributed by atoms with van der Waals surface area (Å²) < 4.78 is 26.7. The first-order chi connectivity index (χ1) is 9.86. The van der Waals surface area contributed by atoms with Gasteiger partial charge in [0, 0.05) is 26.6 Å². The highest BCUT2D eigenvalue weighted by atomic mass is 19.1. The Hall–Kier alpha value is -1.98. The molecule has 0 unspecified atom stereocenters. The van der Waals surface area contributed by atoms with Gasteiger partial charge in [-0.2, -0.15) is 0 Å². The fraction of sp³-hybridized carbons (Fsp3) is 0.467. The summed E-state index contributed by atoms with van der Waals surface area (Å²) in [5.74, 6) is -2.36. The number of hydrogen-bond donors (Lipinski definition) is 0. The molecule has 0 aliphatic rings. The van der Waals surface area contributed by atoms with Crippen LogP contribution in [0.2, 0.25) is 0 Å². The zero-order valence-corrected chi connectivity index (χ0v) is 12.5. The van der Waals surface area contributed by atoms with Crippen LogP contribution in [0.4, 0.5) is 14.5 Å². The molecule has 0 fully saturated rings. The maximum atomic E-state index is 13.8. The maximum Gasteiger partial charge on any atom is 0.242 e. The van der Waals surface area contributed by atoms with Crippen molar-refractivity contribution in [2.75, 3.05) is 25.0 Å². The minimum atomic E-state index is -0.866. The third kappa shape index (κ3) is 4.81. The molecule has 0 N–H and O–H groups in total. The molecule has 0 spiro atoms. The Kier molecular flexibility index (Phi) is 6.27. The molecule has 116 valence electrons. The van der Waals surface area contributed by atoms with Crippen molar-refractivity contribution < 1.29 is 18.4 Å².